The molecule has 0 spiro atoms. The van der Waals surface area contributed by atoms with E-state index in [4.69, 9.17) is 14.5 Å². The second kappa shape index (κ2) is 14.9. The summed E-state index contributed by atoms with van der Waals surface area (Å²) in [6, 6.07) is 8.08. The maximum Gasteiger partial charge on any atom is 0.191 e. The van der Waals surface area contributed by atoms with E-state index in [1.807, 2.05) is 19.1 Å². The fraction of sp³-hybridized carbons (Fsp3) is 0.667. The quantitative estimate of drug-likeness (QED) is 0.222. The predicted molar refractivity (Wildman–Crippen MR) is 127 cm³/mol. The largest absolute Gasteiger partial charge is 0.497 e. The zero-order valence-electron chi connectivity index (χ0n) is 17.6. The number of piperidine rings is 1. The van der Waals surface area contributed by atoms with Crippen LogP contribution in [0.15, 0.2) is 29.3 Å². The Hall–Kier alpha value is -1.06. The molecule has 0 aliphatic carbocycles. The average Bonchev–Trinajstić information content (AvgIpc) is 2.69. The Morgan fingerprint density at radius 1 is 1.25 bits per heavy atom. The number of rotatable bonds is 10. The standard InChI is InChI=1S/C21H36N4O2.HI/c1-4-27-14-6-12-22-21(24-16-19-7-5-13-25(2)17-19)23-15-18-8-10-20(26-3)11-9-18;/h8-11,19H,4-7,12-17H2,1-3H3,(H2,22,23,24);1H. The molecule has 1 aromatic rings. The molecule has 1 atom stereocenters. The van der Waals surface area contributed by atoms with E-state index in [2.05, 4.69) is 34.7 Å². The lowest BCUT2D eigenvalue weighted by Gasteiger charge is -2.30. The number of methoxy groups -OCH3 is 1. The highest BCUT2D eigenvalue weighted by atomic mass is 127. The molecule has 0 radical (unpaired) electrons. The van der Waals surface area contributed by atoms with Crippen molar-refractivity contribution >= 4 is 29.9 Å². The van der Waals surface area contributed by atoms with Gasteiger partial charge in [-0.1, -0.05) is 12.1 Å². The van der Waals surface area contributed by atoms with Crippen LogP contribution in [0.2, 0.25) is 0 Å². The molecule has 160 valence electrons. The minimum Gasteiger partial charge on any atom is -0.497 e. The molecule has 1 saturated heterocycles. The number of halogens is 1. The van der Waals surface area contributed by atoms with E-state index in [9.17, 15) is 0 Å². The predicted octanol–water partition coefficient (Wildman–Crippen LogP) is 3.12. The summed E-state index contributed by atoms with van der Waals surface area (Å²) in [6.45, 7) is 8.42. The Morgan fingerprint density at radius 3 is 2.71 bits per heavy atom. The van der Waals surface area contributed by atoms with Gasteiger partial charge in [-0.25, -0.2) is 4.99 Å². The fourth-order valence-corrected chi connectivity index (χ4v) is 3.28. The lowest BCUT2D eigenvalue weighted by atomic mass is 9.99. The van der Waals surface area contributed by atoms with Gasteiger partial charge in [-0.3, -0.25) is 0 Å². The van der Waals surface area contributed by atoms with Crippen molar-refractivity contribution in [2.75, 3.05) is 53.6 Å². The molecule has 0 amide bonds. The lowest BCUT2D eigenvalue weighted by molar-refractivity contribution is 0.145. The molecule has 2 N–H and O–H groups in total. The number of nitrogens with one attached hydrogen (secondary N) is 2. The monoisotopic (exact) mass is 504 g/mol. The lowest BCUT2D eigenvalue weighted by Crippen LogP contribution is -2.44. The van der Waals surface area contributed by atoms with Crippen LogP contribution in [0, 0.1) is 5.92 Å². The Kier molecular flexibility index (Phi) is 13.3. The number of hydrogen-bond acceptors (Lipinski definition) is 4. The van der Waals surface area contributed by atoms with Crippen molar-refractivity contribution in [2.24, 2.45) is 10.9 Å². The zero-order chi connectivity index (χ0) is 19.3. The molecule has 0 saturated carbocycles. The van der Waals surface area contributed by atoms with Gasteiger partial charge in [0.05, 0.1) is 13.7 Å². The number of likely N-dealkylation sites (tertiary alicyclic amines) is 1. The first kappa shape index (κ1) is 25.0. The van der Waals surface area contributed by atoms with Crippen LogP contribution in [0.3, 0.4) is 0 Å². The van der Waals surface area contributed by atoms with Crippen molar-refractivity contribution in [1.29, 1.82) is 0 Å². The number of benzene rings is 1. The average molecular weight is 504 g/mol. The maximum atomic E-state index is 5.42. The first-order valence-electron chi connectivity index (χ1n) is 10.1. The summed E-state index contributed by atoms with van der Waals surface area (Å²) in [7, 11) is 3.89. The van der Waals surface area contributed by atoms with Gasteiger partial charge in [-0.05, 0) is 63.4 Å². The highest BCUT2D eigenvalue weighted by molar-refractivity contribution is 14.0. The minimum absolute atomic E-state index is 0. The summed E-state index contributed by atoms with van der Waals surface area (Å²) < 4.78 is 10.6. The molecule has 0 bridgehead atoms. The van der Waals surface area contributed by atoms with Crippen LogP contribution in [0.5, 0.6) is 5.75 Å². The van der Waals surface area contributed by atoms with Gasteiger partial charge in [0.15, 0.2) is 5.96 Å². The molecule has 1 aliphatic rings. The molecule has 2 rings (SSSR count). The molecular weight excluding hydrogens is 467 g/mol. The SMILES string of the molecule is CCOCCCNC(=NCc1ccc(OC)cc1)NCC1CCCN(C)C1.I. The molecule has 7 heteroatoms. The summed E-state index contributed by atoms with van der Waals surface area (Å²) in [5.74, 6) is 2.44. The highest BCUT2D eigenvalue weighted by Gasteiger charge is 2.17. The van der Waals surface area contributed by atoms with Crippen LogP contribution < -0.4 is 15.4 Å². The van der Waals surface area contributed by atoms with Gasteiger partial charge in [0.25, 0.3) is 0 Å². The third-order valence-electron chi connectivity index (χ3n) is 4.82. The van der Waals surface area contributed by atoms with Crippen molar-refractivity contribution in [3.05, 3.63) is 29.8 Å². The highest BCUT2D eigenvalue weighted by Crippen LogP contribution is 2.14. The Bertz CT molecular complexity index is 554. The van der Waals surface area contributed by atoms with Crippen LogP contribution in [0.4, 0.5) is 0 Å². The van der Waals surface area contributed by atoms with Gasteiger partial charge in [0.1, 0.15) is 5.75 Å². The van der Waals surface area contributed by atoms with Crippen LogP contribution in [-0.4, -0.2) is 64.4 Å². The normalized spacial score (nSPS) is 17.7. The van der Waals surface area contributed by atoms with Crippen molar-refractivity contribution in [3.63, 3.8) is 0 Å². The molecule has 28 heavy (non-hydrogen) atoms. The van der Waals surface area contributed by atoms with Gasteiger partial charge in [0, 0.05) is 32.8 Å². The molecule has 1 heterocycles. The van der Waals surface area contributed by atoms with E-state index >= 15 is 0 Å². The van der Waals surface area contributed by atoms with Crippen LogP contribution in [0.25, 0.3) is 0 Å². The molecule has 1 aromatic carbocycles. The van der Waals surface area contributed by atoms with Gasteiger partial charge in [-0.2, -0.15) is 0 Å². The number of nitrogens with zero attached hydrogens (tertiary/aromatic N) is 2. The molecule has 0 aromatic heterocycles. The number of guanidine groups is 1. The first-order valence-corrected chi connectivity index (χ1v) is 10.1. The van der Waals surface area contributed by atoms with Crippen molar-refractivity contribution in [1.82, 2.24) is 15.5 Å². The number of hydrogen-bond donors (Lipinski definition) is 2. The minimum atomic E-state index is 0. The summed E-state index contributed by atoms with van der Waals surface area (Å²) in [6.07, 6.45) is 3.54. The molecule has 1 aliphatic heterocycles. The fourth-order valence-electron chi connectivity index (χ4n) is 3.28. The van der Waals surface area contributed by atoms with E-state index < -0.39 is 0 Å². The maximum absolute atomic E-state index is 5.42. The first-order chi connectivity index (χ1) is 13.2. The van der Waals surface area contributed by atoms with Gasteiger partial charge in [-0.15, -0.1) is 24.0 Å². The number of ether oxygens (including phenoxy) is 2. The Morgan fingerprint density at radius 2 is 2.04 bits per heavy atom. The second-order valence-electron chi connectivity index (χ2n) is 7.14. The summed E-state index contributed by atoms with van der Waals surface area (Å²) in [4.78, 5) is 7.19. The smallest absolute Gasteiger partial charge is 0.191 e. The summed E-state index contributed by atoms with van der Waals surface area (Å²) >= 11 is 0. The van der Waals surface area contributed by atoms with E-state index in [1.54, 1.807) is 7.11 Å². The summed E-state index contributed by atoms with van der Waals surface area (Å²) in [5.41, 5.74) is 1.17. The van der Waals surface area contributed by atoms with Crippen molar-refractivity contribution < 1.29 is 9.47 Å². The molecular formula is C21H37IN4O2. The van der Waals surface area contributed by atoms with Crippen LogP contribution >= 0.6 is 24.0 Å². The van der Waals surface area contributed by atoms with Gasteiger partial charge in [0.2, 0.25) is 0 Å². The molecule has 6 nitrogen and oxygen atoms in total. The third kappa shape index (κ3) is 9.93. The van der Waals surface area contributed by atoms with Crippen LogP contribution in [-0.2, 0) is 11.3 Å². The van der Waals surface area contributed by atoms with E-state index in [0.717, 1.165) is 51.0 Å². The van der Waals surface area contributed by atoms with Gasteiger partial charge < -0.3 is 25.0 Å². The van der Waals surface area contributed by atoms with Crippen molar-refractivity contribution in [3.8, 4) is 5.75 Å². The van der Waals surface area contributed by atoms with Gasteiger partial charge >= 0.3 is 0 Å². The van der Waals surface area contributed by atoms with E-state index in [-0.39, 0.29) is 24.0 Å². The third-order valence-corrected chi connectivity index (χ3v) is 4.82. The van der Waals surface area contributed by atoms with Crippen LogP contribution in [0.1, 0.15) is 31.7 Å². The topological polar surface area (TPSA) is 58.1 Å². The van der Waals surface area contributed by atoms with Crippen molar-refractivity contribution in [2.45, 2.75) is 32.7 Å². The zero-order valence-corrected chi connectivity index (χ0v) is 19.9. The molecule has 1 fully saturated rings. The Labute approximate surface area is 187 Å². The second-order valence-corrected chi connectivity index (χ2v) is 7.14. The number of aliphatic imine (C=N–C) groups is 1. The summed E-state index contributed by atoms with van der Waals surface area (Å²) in [5, 5.41) is 6.98. The van der Waals surface area contributed by atoms with E-state index in [0.29, 0.717) is 12.5 Å². The Balaban J connectivity index is 0.00000392. The van der Waals surface area contributed by atoms with E-state index in [1.165, 1.54) is 24.9 Å². The molecule has 1 unspecified atom stereocenters.